The second kappa shape index (κ2) is 20.2. The van der Waals surface area contributed by atoms with Crippen LogP contribution in [-0.2, 0) is 0 Å². The number of hydrogen-bond acceptors (Lipinski definition) is 8. The highest BCUT2D eigenvalue weighted by molar-refractivity contribution is 6.05. The highest BCUT2D eigenvalue weighted by atomic mass is 16.5. The van der Waals surface area contributed by atoms with Gasteiger partial charge < -0.3 is 35.7 Å². The number of benzene rings is 4. The number of carbonyl (C=O) groups is 3. The van der Waals surface area contributed by atoms with Gasteiger partial charge >= 0.3 is 0 Å². The van der Waals surface area contributed by atoms with Crippen LogP contribution in [0, 0.1) is 5.41 Å². The minimum absolute atomic E-state index is 0.000276. The minimum atomic E-state index is -0.903. The Morgan fingerprint density at radius 1 is 0.452 bits per heavy atom. The Kier molecular flexibility index (Phi) is 15.3. The molecule has 0 bridgehead atoms. The van der Waals surface area contributed by atoms with Gasteiger partial charge in [-0.2, -0.15) is 0 Å². The Hall–Kier alpha value is -6.03. The molecule has 0 aliphatic rings. The van der Waals surface area contributed by atoms with Gasteiger partial charge in [0.2, 0.25) is 5.78 Å². The molecule has 0 fully saturated rings. The van der Waals surface area contributed by atoms with Gasteiger partial charge in [-0.15, -0.1) is 0 Å². The smallest absolute Gasteiger partial charge is 0.291 e. The number of nitrogens with one attached hydrogen (secondary N) is 5. The summed E-state index contributed by atoms with van der Waals surface area (Å²) in [6.07, 6.45) is 5.85. The molecule has 0 aliphatic heterocycles. The van der Waals surface area contributed by atoms with Gasteiger partial charge in [-0.1, -0.05) is 48.5 Å². The molecule has 0 radical (unpaired) electrons. The summed E-state index contributed by atoms with van der Waals surface area (Å²) >= 11 is 0. The van der Waals surface area contributed by atoms with Crippen LogP contribution in [0.5, 0.6) is 11.5 Å². The van der Waals surface area contributed by atoms with Crippen molar-refractivity contribution in [2.45, 2.75) is 131 Å². The largest absolute Gasteiger partial charge is 0.457 e. The molecule has 1 aromatic heterocycles. The molecule has 5 rings (SSSR count). The molecule has 0 spiro atoms. The van der Waals surface area contributed by atoms with Crippen LogP contribution < -0.4 is 31.3 Å². The number of amides is 2. The number of ketones is 1. The number of rotatable bonds is 22. The summed E-state index contributed by atoms with van der Waals surface area (Å²) in [6.45, 7) is 21.2. The highest BCUT2D eigenvalue weighted by Crippen LogP contribution is 2.45. The lowest BCUT2D eigenvalue weighted by molar-refractivity contribution is 0.0614. The van der Waals surface area contributed by atoms with Crippen LogP contribution in [0.15, 0.2) is 114 Å². The number of ether oxygens (including phenoxy) is 1. The summed E-state index contributed by atoms with van der Waals surface area (Å²) in [7, 11) is 0. The zero-order valence-electron chi connectivity index (χ0n) is 38.4. The van der Waals surface area contributed by atoms with Crippen molar-refractivity contribution in [3.63, 3.8) is 0 Å². The first-order valence-corrected chi connectivity index (χ1v) is 22.3. The average Bonchev–Trinajstić information content (AvgIpc) is 3.80. The molecule has 2 amide bonds. The molecule has 0 saturated carbocycles. The maximum absolute atomic E-state index is 14.4. The van der Waals surface area contributed by atoms with Crippen LogP contribution >= 0.6 is 0 Å². The van der Waals surface area contributed by atoms with Gasteiger partial charge in [0.1, 0.15) is 11.5 Å². The molecule has 0 aliphatic carbocycles. The number of Topliss-reactive ketones (excluding diaryl/α,β-unsaturated/α-hetero) is 1. The van der Waals surface area contributed by atoms with Crippen molar-refractivity contribution in [2.75, 3.05) is 26.6 Å². The quantitative estimate of drug-likeness (QED) is 0.0435. The summed E-state index contributed by atoms with van der Waals surface area (Å²) < 4.78 is 12.0. The van der Waals surface area contributed by atoms with Gasteiger partial charge in [-0.05, 0) is 175 Å². The van der Waals surface area contributed by atoms with Crippen LogP contribution in [0.25, 0.3) is 0 Å². The predicted octanol–water partition coefficient (Wildman–Crippen LogP) is 13.8. The Balaban J connectivity index is 1.20. The highest BCUT2D eigenvalue weighted by Gasteiger charge is 2.51. The van der Waals surface area contributed by atoms with E-state index < -0.39 is 16.9 Å². The van der Waals surface area contributed by atoms with Crippen molar-refractivity contribution in [2.24, 2.45) is 5.41 Å². The van der Waals surface area contributed by atoms with Crippen molar-refractivity contribution in [3.8, 4) is 11.5 Å². The normalized spacial score (nSPS) is 12.8. The van der Waals surface area contributed by atoms with E-state index in [9.17, 15) is 14.4 Å². The van der Waals surface area contributed by atoms with Crippen LogP contribution in [0.2, 0.25) is 0 Å². The summed E-state index contributed by atoms with van der Waals surface area (Å²) in [4.78, 5) is 40.9. The van der Waals surface area contributed by atoms with E-state index in [0.717, 1.165) is 42.7 Å². The van der Waals surface area contributed by atoms with Gasteiger partial charge in [0.05, 0.1) is 5.41 Å². The molecule has 1 unspecified atom stereocenters. The van der Waals surface area contributed by atoms with Gasteiger partial charge in [0.25, 0.3) is 11.8 Å². The topological polar surface area (TPSA) is 134 Å². The van der Waals surface area contributed by atoms with E-state index in [1.165, 1.54) is 6.07 Å². The second-order valence-corrected chi connectivity index (χ2v) is 17.1. The fourth-order valence-electron chi connectivity index (χ4n) is 7.83. The Morgan fingerprint density at radius 2 is 0.839 bits per heavy atom. The van der Waals surface area contributed by atoms with Crippen LogP contribution in [0.1, 0.15) is 146 Å². The molecule has 0 saturated heterocycles. The first-order valence-electron chi connectivity index (χ1n) is 22.3. The standard InChI is InChI=1S/C52H67N5O5/c1-11-49(8,12-2)55-39-20-18-36(19-21-39)47(59)53-37-22-24-41(25-23-37)57-52(16-6,17-7)51(10,15-5)46(58)44-34-35-45(62-44)48(60)54-38-26-30-42(31-27-38)61-43-32-28-40(29-33-43)56-50(9,13-3)14-4/h18-35,55-57H,11-17H2,1-10H3,(H,53,59)(H,54,60). The fraction of sp³-hybridized carbons (Fsp3) is 0.404. The molecular weight excluding hydrogens is 775 g/mol. The third-order valence-corrected chi connectivity index (χ3v) is 13.4. The summed E-state index contributed by atoms with van der Waals surface area (Å²) in [5, 5.41) is 16.8. The predicted molar refractivity (Wildman–Crippen MR) is 255 cm³/mol. The van der Waals surface area contributed by atoms with Crippen LogP contribution in [-0.4, -0.2) is 34.2 Å². The van der Waals surface area contributed by atoms with Crippen molar-refractivity contribution < 1.29 is 23.5 Å². The van der Waals surface area contributed by atoms with E-state index in [4.69, 9.17) is 9.15 Å². The van der Waals surface area contributed by atoms with Crippen molar-refractivity contribution in [1.82, 2.24) is 0 Å². The SMILES string of the molecule is CCC(C)(CC)Nc1ccc(Oc2ccc(NC(=O)c3ccc(C(=O)C(C)(CC)C(CC)(CC)Nc4ccc(NC(=O)c5ccc(NC(C)(CC)CC)cc5)cc4)o3)cc2)cc1. The molecule has 330 valence electrons. The molecule has 10 heteroatoms. The molecular formula is C52H67N5O5. The second-order valence-electron chi connectivity index (χ2n) is 17.1. The summed E-state index contributed by atoms with van der Waals surface area (Å²) in [5.41, 5.74) is 3.10. The van der Waals surface area contributed by atoms with E-state index in [0.29, 0.717) is 47.7 Å². The fourth-order valence-corrected chi connectivity index (χ4v) is 7.83. The lowest BCUT2D eigenvalue weighted by Gasteiger charge is -2.47. The zero-order chi connectivity index (χ0) is 45.1. The number of furan rings is 1. The monoisotopic (exact) mass is 842 g/mol. The molecule has 62 heavy (non-hydrogen) atoms. The van der Waals surface area contributed by atoms with E-state index in [2.05, 4.69) is 82.0 Å². The number of carbonyl (C=O) groups excluding carboxylic acids is 3. The third-order valence-electron chi connectivity index (χ3n) is 13.4. The van der Waals surface area contributed by atoms with Crippen molar-refractivity contribution >= 4 is 46.0 Å². The van der Waals surface area contributed by atoms with Crippen molar-refractivity contribution in [1.29, 1.82) is 0 Å². The van der Waals surface area contributed by atoms with E-state index in [-0.39, 0.29) is 34.3 Å². The lowest BCUT2D eigenvalue weighted by Crippen LogP contribution is -2.55. The number of anilines is 5. The van der Waals surface area contributed by atoms with Crippen LogP contribution in [0.3, 0.4) is 0 Å². The van der Waals surface area contributed by atoms with Crippen LogP contribution in [0.4, 0.5) is 28.4 Å². The van der Waals surface area contributed by atoms with Gasteiger partial charge in [0, 0.05) is 50.6 Å². The molecule has 5 aromatic rings. The third kappa shape index (κ3) is 10.9. The first kappa shape index (κ1) is 47.0. The molecule has 1 heterocycles. The van der Waals surface area contributed by atoms with Gasteiger partial charge in [-0.3, -0.25) is 14.4 Å². The molecule has 4 aromatic carbocycles. The summed E-state index contributed by atoms with van der Waals surface area (Å²) in [6, 6.07) is 33.2. The van der Waals surface area contributed by atoms with E-state index in [1.54, 1.807) is 30.3 Å². The lowest BCUT2D eigenvalue weighted by atomic mass is 9.63. The average molecular weight is 842 g/mol. The number of hydrogen-bond donors (Lipinski definition) is 5. The Bertz CT molecular complexity index is 2230. The molecule has 1 atom stereocenters. The van der Waals surface area contributed by atoms with Gasteiger partial charge in [0.15, 0.2) is 11.5 Å². The maximum Gasteiger partial charge on any atom is 0.291 e. The zero-order valence-corrected chi connectivity index (χ0v) is 38.4. The molecule has 10 nitrogen and oxygen atoms in total. The van der Waals surface area contributed by atoms with E-state index in [1.807, 2.05) is 86.6 Å². The Morgan fingerprint density at radius 3 is 1.29 bits per heavy atom. The van der Waals surface area contributed by atoms with Gasteiger partial charge in [-0.25, -0.2) is 0 Å². The maximum atomic E-state index is 14.4. The Labute approximate surface area is 369 Å². The minimum Gasteiger partial charge on any atom is -0.457 e. The first-order chi connectivity index (χ1) is 29.6. The summed E-state index contributed by atoms with van der Waals surface area (Å²) in [5.74, 6) is 0.643. The van der Waals surface area contributed by atoms with Crippen molar-refractivity contribution in [3.05, 3.63) is 126 Å². The molecule has 5 N–H and O–H groups in total. The van der Waals surface area contributed by atoms with E-state index >= 15 is 0 Å².